The first-order chi connectivity index (χ1) is 9.16. The van der Waals surface area contributed by atoms with Gasteiger partial charge in [-0.15, -0.1) is 0 Å². The van der Waals surface area contributed by atoms with Gasteiger partial charge in [-0.2, -0.15) is 0 Å². The highest BCUT2D eigenvalue weighted by Crippen LogP contribution is 2.38. The Morgan fingerprint density at radius 1 is 1.26 bits per heavy atom. The fraction of sp³-hybridized carbons (Fsp3) is 0.625. The van der Waals surface area contributed by atoms with Gasteiger partial charge in [0.1, 0.15) is 0 Å². The number of fused-ring (bicyclic) bond motifs is 1. The standard InChI is InChI=1S/C16H25N3/c1-13(2)18-10-8-16(11-17,12-18)19-9-7-14-5-3-4-6-15(14)19/h3-6,13H,7-12,17H2,1-2H3. The number of rotatable bonds is 3. The van der Waals surface area contributed by atoms with E-state index >= 15 is 0 Å². The van der Waals surface area contributed by atoms with Crippen LogP contribution in [-0.4, -0.2) is 42.7 Å². The van der Waals surface area contributed by atoms with Gasteiger partial charge in [0.25, 0.3) is 0 Å². The molecular weight excluding hydrogens is 234 g/mol. The lowest BCUT2D eigenvalue weighted by Crippen LogP contribution is -2.55. The Labute approximate surface area is 116 Å². The molecule has 0 amide bonds. The molecule has 3 rings (SSSR count). The van der Waals surface area contributed by atoms with E-state index in [-0.39, 0.29) is 5.54 Å². The van der Waals surface area contributed by atoms with E-state index in [1.165, 1.54) is 30.6 Å². The summed E-state index contributed by atoms with van der Waals surface area (Å²) in [4.78, 5) is 5.15. The molecule has 1 saturated heterocycles. The summed E-state index contributed by atoms with van der Waals surface area (Å²) in [5.41, 5.74) is 9.25. The number of anilines is 1. The van der Waals surface area contributed by atoms with Gasteiger partial charge in [0.05, 0.1) is 5.54 Å². The summed E-state index contributed by atoms with van der Waals surface area (Å²) in [6.07, 6.45) is 2.36. The molecule has 19 heavy (non-hydrogen) atoms. The molecule has 0 radical (unpaired) electrons. The molecule has 0 saturated carbocycles. The zero-order valence-electron chi connectivity index (χ0n) is 12.1. The average molecular weight is 259 g/mol. The predicted octanol–water partition coefficient (Wildman–Crippen LogP) is 1.86. The van der Waals surface area contributed by atoms with Crippen LogP contribution in [0.1, 0.15) is 25.8 Å². The highest BCUT2D eigenvalue weighted by Gasteiger charge is 2.44. The van der Waals surface area contributed by atoms with E-state index in [0.29, 0.717) is 6.04 Å². The molecule has 1 fully saturated rings. The van der Waals surface area contributed by atoms with Gasteiger partial charge >= 0.3 is 0 Å². The number of para-hydroxylation sites is 1. The van der Waals surface area contributed by atoms with E-state index in [0.717, 1.165) is 19.6 Å². The van der Waals surface area contributed by atoms with Crippen LogP contribution in [0.25, 0.3) is 0 Å². The summed E-state index contributed by atoms with van der Waals surface area (Å²) in [6, 6.07) is 9.43. The zero-order chi connectivity index (χ0) is 13.5. The summed E-state index contributed by atoms with van der Waals surface area (Å²) in [7, 11) is 0. The van der Waals surface area contributed by atoms with E-state index in [1.807, 2.05) is 0 Å². The maximum Gasteiger partial charge on any atom is 0.0663 e. The molecule has 1 aromatic carbocycles. The number of likely N-dealkylation sites (tertiary alicyclic amines) is 1. The third-order valence-electron chi connectivity index (χ3n) is 4.93. The van der Waals surface area contributed by atoms with Crippen molar-refractivity contribution in [3.63, 3.8) is 0 Å². The molecule has 3 nitrogen and oxygen atoms in total. The van der Waals surface area contributed by atoms with Gasteiger partial charge in [-0.1, -0.05) is 18.2 Å². The first-order valence-corrected chi connectivity index (χ1v) is 7.46. The van der Waals surface area contributed by atoms with Gasteiger partial charge in [0.2, 0.25) is 0 Å². The first kappa shape index (κ1) is 12.9. The smallest absolute Gasteiger partial charge is 0.0663 e. The van der Waals surface area contributed by atoms with Crippen molar-refractivity contribution in [2.75, 3.05) is 31.1 Å². The molecule has 0 aliphatic carbocycles. The minimum absolute atomic E-state index is 0.150. The largest absolute Gasteiger partial charge is 0.363 e. The summed E-state index contributed by atoms with van der Waals surface area (Å²) < 4.78 is 0. The Morgan fingerprint density at radius 3 is 2.74 bits per heavy atom. The lowest BCUT2D eigenvalue weighted by molar-refractivity contribution is 0.254. The van der Waals surface area contributed by atoms with E-state index in [4.69, 9.17) is 5.73 Å². The van der Waals surface area contributed by atoms with E-state index in [9.17, 15) is 0 Å². The second-order valence-electron chi connectivity index (χ2n) is 6.27. The quantitative estimate of drug-likeness (QED) is 0.899. The molecule has 3 heteroatoms. The van der Waals surface area contributed by atoms with Crippen molar-refractivity contribution in [1.82, 2.24) is 4.90 Å². The van der Waals surface area contributed by atoms with Crippen LogP contribution in [0.5, 0.6) is 0 Å². The second kappa shape index (κ2) is 4.80. The lowest BCUT2D eigenvalue weighted by atomic mass is 9.96. The monoisotopic (exact) mass is 259 g/mol. The lowest BCUT2D eigenvalue weighted by Gasteiger charge is -2.40. The van der Waals surface area contributed by atoms with E-state index in [2.05, 4.69) is 47.9 Å². The van der Waals surface area contributed by atoms with Crippen LogP contribution in [0.3, 0.4) is 0 Å². The van der Waals surface area contributed by atoms with Gasteiger partial charge in [-0.05, 0) is 38.3 Å². The number of nitrogens with zero attached hydrogens (tertiary/aromatic N) is 2. The number of hydrogen-bond donors (Lipinski definition) is 1. The fourth-order valence-electron chi connectivity index (χ4n) is 3.66. The summed E-state index contributed by atoms with van der Waals surface area (Å²) >= 11 is 0. The number of nitrogens with two attached hydrogens (primary N) is 1. The molecule has 104 valence electrons. The average Bonchev–Trinajstić information content (AvgIpc) is 3.03. The van der Waals surface area contributed by atoms with Gasteiger partial charge < -0.3 is 10.6 Å². The Kier molecular flexibility index (Phi) is 3.27. The molecule has 0 bridgehead atoms. The van der Waals surface area contributed by atoms with Crippen molar-refractivity contribution in [2.24, 2.45) is 5.73 Å². The van der Waals surface area contributed by atoms with Crippen LogP contribution in [0.4, 0.5) is 5.69 Å². The molecule has 2 N–H and O–H groups in total. The van der Waals surface area contributed by atoms with Crippen LogP contribution < -0.4 is 10.6 Å². The van der Waals surface area contributed by atoms with Crippen molar-refractivity contribution in [3.8, 4) is 0 Å². The van der Waals surface area contributed by atoms with Crippen molar-refractivity contribution in [1.29, 1.82) is 0 Å². The molecular formula is C16H25N3. The third-order valence-corrected chi connectivity index (χ3v) is 4.93. The molecule has 1 atom stereocenters. The van der Waals surface area contributed by atoms with Crippen LogP contribution >= 0.6 is 0 Å². The normalized spacial score (nSPS) is 27.3. The minimum Gasteiger partial charge on any atom is -0.363 e. The zero-order valence-corrected chi connectivity index (χ0v) is 12.1. The summed E-state index contributed by atoms with van der Waals surface area (Å²) in [5.74, 6) is 0. The predicted molar refractivity (Wildman–Crippen MR) is 80.6 cm³/mol. The minimum atomic E-state index is 0.150. The molecule has 2 aliphatic rings. The molecule has 1 unspecified atom stereocenters. The molecule has 2 aliphatic heterocycles. The SMILES string of the molecule is CC(C)N1CCC(CN)(N2CCc3ccccc32)C1. The topological polar surface area (TPSA) is 32.5 Å². The second-order valence-corrected chi connectivity index (χ2v) is 6.27. The molecule has 0 spiro atoms. The van der Waals surface area contributed by atoms with Crippen molar-refractivity contribution in [2.45, 2.75) is 38.3 Å². The molecule has 1 aromatic rings. The summed E-state index contributed by atoms with van der Waals surface area (Å²) in [6.45, 7) is 8.73. The maximum atomic E-state index is 6.20. The van der Waals surface area contributed by atoms with Crippen LogP contribution in [0.15, 0.2) is 24.3 Å². The molecule has 0 aromatic heterocycles. The third kappa shape index (κ3) is 2.05. The van der Waals surface area contributed by atoms with Crippen molar-refractivity contribution < 1.29 is 0 Å². The molecule has 2 heterocycles. The summed E-state index contributed by atoms with van der Waals surface area (Å²) in [5, 5.41) is 0. The van der Waals surface area contributed by atoms with Gasteiger partial charge in [0.15, 0.2) is 0 Å². The Morgan fingerprint density at radius 2 is 2.05 bits per heavy atom. The van der Waals surface area contributed by atoms with E-state index in [1.54, 1.807) is 0 Å². The number of hydrogen-bond acceptors (Lipinski definition) is 3. The van der Waals surface area contributed by atoms with Crippen molar-refractivity contribution >= 4 is 5.69 Å². The van der Waals surface area contributed by atoms with Gasteiger partial charge in [-0.3, -0.25) is 4.90 Å². The highest BCUT2D eigenvalue weighted by atomic mass is 15.3. The van der Waals surface area contributed by atoms with Gasteiger partial charge in [0, 0.05) is 37.9 Å². The Bertz CT molecular complexity index is 457. The van der Waals surface area contributed by atoms with Crippen LogP contribution in [-0.2, 0) is 6.42 Å². The highest BCUT2D eigenvalue weighted by molar-refractivity contribution is 5.60. The van der Waals surface area contributed by atoms with Crippen molar-refractivity contribution in [3.05, 3.63) is 29.8 Å². The Hall–Kier alpha value is -1.06. The van der Waals surface area contributed by atoms with Gasteiger partial charge in [-0.25, -0.2) is 0 Å². The maximum absolute atomic E-state index is 6.20. The fourth-order valence-corrected chi connectivity index (χ4v) is 3.66. The Balaban J connectivity index is 1.89. The van der Waals surface area contributed by atoms with Crippen LogP contribution in [0.2, 0.25) is 0 Å². The number of benzene rings is 1. The van der Waals surface area contributed by atoms with E-state index < -0.39 is 0 Å². The first-order valence-electron chi connectivity index (χ1n) is 7.46. The van der Waals surface area contributed by atoms with Crippen LogP contribution in [0, 0.1) is 0 Å².